The van der Waals surface area contributed by atoms with Crippen molar-refractivity contribution in [1.82, 2.24) is 19.1 Å². The number of hydrogen-bond acceptors (Lipinski definition) is 2. The van der Waals surface area contributed by atoms with Gasteiger partial charge in [-0.25, -0.2) is 0 Å². The topological polar surface area (TPSA) is 35.6 Å². The van der Waals surface area contributed by atoms with Gasteiger partial charge in [0.1, 0.15) is 0 Å². The molecule has 0 aliphatic carbocycles. The van der Waals surface area contributed by atoms with E-state index in [9.17, 15) is 0 Å². The number of aromatic nitrogens is 4. The van der Waals surface area contributed by atoms with Gasteiger partial charge in [0.15, 0.2) is 0 Å². The summed E-state index contributed by atoms with van der Waals surface area (Å²) in [6.07, 6.45) is 7.25. The number of pyridine rings is 2. The van der Waals surface area contributed by atoms with E-state index in [-0.39, 0.29) is 5.41 Å². The standard InChI is InChI=1S/C39H40N4/c1-6-26(2)21-28(39(3,4)5)22-27-23-29(42-33-15-9-7-13-31(33)37-35(42)17-11-19-40-37)25-30(24-27)43-34-16-10-8-14-32(34)38-36(43)18-12-20-41-38/h7-20,23-26,28H,6,21-22H2,1-5H3. The maximum absolute atomic E-state index is 4.82. The van der Waals surface area contributed by atoms with E-state index in [0.717, 1.165) is 39.9 Å². The number of benzene rings is 3. The van der Waals surface area contributed by atoms with Crippen LogP contribution in [0.25, 0.3) is 55.2 Å². The van der Waals surface area contributed by atoms with Gasteiger partial charge in [-0.05, 0) is 90.3 Å². The lowest BCUT2D eigenvalue weighted by molar-refractivity contribution is 0.196. The summed E-state index contributed by atoms with van der Waals surface area (Å²) in [5.74, 6) is 1.25. The zero-order valence-corrected chi connectivity index (χ0v) is 25.9. The van der Waals surface area contributed by atoms with Gasteiger partial charge in [0.2, 0.25) is 0 Å². The summed E-state index contributed by atoms with van der Waals surface area (Å²) in [6.45, 7) is 11.9. The van der Waals surface area contributed by atoms with Crippen LogP contribution < -0.4 is 0 Å². The van der Waals surface area contributed by atoms with Crippen molar-refractivity contribution in [3.8, 4) is 11.4 Å². The SMILES string of the molecule is CCC(C)CC(Cc1cc(-n2c3ccccc3c3ncccc32)cc(-n2c3ccccc3c3ncccc32)c1)C(C)(C)C. The molecule has 4 heteroatoms. The van der Waals surface area contributed by atoms with E-state index in [1.807, 2.05) is 24.5 Å². The molecule has 216 valence electrons. The average molecular weight is 565 g/mol. The molecule has 4 aromatic heterocycles. The third-order valence-electron chi connectivity index (χ3n) is 9.42. The number of fused-ring (bicyclic) bond motifs is 6. The normalized spacial score (nSPS) is 13.8. The lowest BCUT2D eigenvalue weighted by atomic mass is 9.72. The fourth-order valence-electron chi connectivity index (χ4n) is 6.84. The van der Waals surface area contributed by atoms with Gasteiger partial charge >= 0.3 is 0 Å². The maximum Gasteiger partial charge on any atom is 0.0963 e. The Morgan fingerprint density at radius 1 is 0.651 bits per heavy atom. The van der Waals surface area contributed by atoms with Crippen LogP contribution in [0, 0.1) is 17.3 Å². The first-order valence-electron chi connectivity index (χ1n) is 15.7. The molecule has 0 radical (unpaired) electrons. The quantitative estimate of drug-likeness (QED) is 0.193. The summed E-state index contributed by atoms with van der Waals surface area (Å²) >= 11 is 0. The first kappa shape index (κ1) is 27.4. The Bertz CT molecular complexity index is 1850. The molecule has 4 heterocycles. The summed E-state index contributed by atoms with van der Waals surface area (Å²) in [5.41, 5.74) is 10.6. The Morgan fingerprint density at radius 2 is 1.14 bits per heavy atom. The van der Waals surface area contributed by atoms with Crippen molar-refractivity contribution in [2.24, 2.45) is 17.3 Å². The molecule has 0 bridgehead atoms. The Labute approximate surface area is 254 Å². The zero-order chi connectivity index (χ0) is 29.7. The highest BCUT2D eigenvalue weighted by molar-refractivity contribution is 6.08. The molecule has 0 saturated heterocycles. The fourth-order valence-corrected chi connectivity index (χ4v) is 6.84. The van der Waals surface area contributed by atoms with Gasteiger partial charge in [-0.2, -0.15) is 0 Å². The second-order valence-corrected chi connectivity index (χ2v) is 13.3. The molecule has 4 nitrogen and oxygen atoms in total. The maximum atomic E-state index is 4.82. The summed E-state index contributed by atoms with van der Waals surface area (Å²) in [4.78, 5) is 9.64. The van der Waals surface area contributed by atoms with Gasteiger partial charge < -0.3 is 9.13 Å². The summed E-state index contributed by atoms with van der Waals surface area (Å²) in [5, 5.41) is 2.35. The molecule has 2 atom stereocenters. The molecule has 2 unspecified atom stereocenters. The highest BCUT2D eigenvalue weighted by Crippen LogP contribution is 2.38. The highest BCUT2D eigenvalue weighted by atomic mass is 15.0. The van der Waals surface area contributed by atoms with Crippen molar-refractivity contribution in [3.05, 3.63) is 109 Å². The molecule has 3 aromatic carbocycles. The van der Waals surface area contributed by atoms with Crippen LogP contribution in [0.15, 0.2) is 103 Å². The fraction of sp³-hybridized carbons (Fsp3) is 0.282. The lowest BCUT2D eigenvalue weighted by Crippen LogP contribution is -2.25. The van der Waals surface area contributed by atoms with Gasteiger partial charge in [0.25, 0.3) is 0 Å². The van der Waals surface area contributed by atoms with Crippen LogP contribution in [-0.2, 0) is 6.42 Å². The largest absolute Gasteiger partial charge is 0.308 e. The molecule has 0 N–H and O–H groups in total. The zero-order valence-electron chi connectivity index (χ0n) is 25.9. The molecular weight excluding hydrogens is 524 g/mol. The lowest BCUT2D eigenvalue weighted by Gasteiger charge is -2.33. The van der Waals surface area contributed by atoms with E-state index >= 15 is 0 Å². The van der Waals surface area contributed by atoms with Crippen LogP contribution in [0.5, 0.6) is 0 Å². The molecule has 0 fully saturated rings. The third-order valence-corrected chi connectivity index (χ3v) is 9.42. The van der Waals surface area contributed by atoms with Gasteiger partial charge in [0, 0.05) is 34.5 Å². The second-order valence-electron chi connectivity index (χ2n) is 13.3. The van der Waals surface area contributed by atoms with E-state index in [2.05, 4.69) is 123 Å². The summed E-state index contributed by atoms with van der Waals surface area (Å²) in [6, 6.07) is 32.9. The molecular formula is C39H40N4. The van der Waals surface area contributed by atoms with Crippen LogP contribution in [-0.4, -0.2) is 19.1 Å². The molecule has 7 rings (SSSR count). The number of nitrogens with zero attached hydrogens (tertiary/aromatic N) is 4. The second kappa shape index (κ2) is 10.7. The Balaban J connectivity index is 1.52. The van der Waals surface area contributed by atoms with Crippen molar-refractivity contribution in [1.29, 1.82) is 0 Å². The molecule has 0 amide bonds. The molecule has 0 aliphatic heterocycles. The molecule has 0 saturated carbocycles. The van der Waals surface area contributed by atoms with Gasteiger partial charge in [-0.15, -0.1) is 0 Å². The average Bonchev–Trinajstić information content (AvgIpc) is 3.53. The van der Waals surface area contributed by atoms with E-state index < -0.39 is 0 Å². The van der Waals surface area contributed by atoms with E-state index in [1.54, 1.807) is 0 Å². The van der Waals surface area contributed by atoms with Crippen LogP contribution in [0.4, 0.5) is 0 Å². The minimum absolute atomic E-state index is 0.202. The van der Waals surface area contributed by atoms with Crippen LogP contribution in [0.3, 0.4) is 0 Å². The number of para-hydroxylation sites is 2. The van der Waals surface area contributed by atoms with Crippen LogP contribution in [0.2, 0.25) is 0 Å². The first-order valence-corrected chi connectivity index (χ1v) is 15.7. The van der Waals surface area contributed by atoms with Gasteiger partial charge in [-0.1, -0.05) is 77.4 Å². The highest BCUT2D eigenvalue weighted by Gasteiger charge is 2.27. The van der Waals surface area contributed by atoms with Crippen molar-refractivity contribution in [2.45, 2.75) is 53.9 Å². The minimum Gasteiger partial charge on any atom is -0.308 e. The van der Waals surface area contributed by atoms with Crippen LogP contribution in [0.1, 0.15) is 53.0 Å². The van der Waals surface area contributed by atoms with E-state index in [1.165, 1.54) is 40.2 Å². The van der Waals surface area contributed by atoms with E-state index in [0.29, 0.717) is 11.8 Å². The number of hydrogen-bond donors (Lipinski definition) is 0. The first-order chi connectivity index (χ1) is 20.8. The van der Waals surface area contributed by atoms with Gasteiger partial charge in [0.05, 0.1) is 33.1 Å². The smallest absolute Gasteiger partial charge is 0.0963 e. The molecule has 0 spiro atoms. The monoisotopic (exact) mass is 564 g/mol. The summed E-state index contributed by atoms with van der Waals surface area (Å²) in [7, 11) is 0. The predicted octanol–water partition coefficient (Wildman–Crippen LogP) is 10.3. The Kier molecular flexibility index (Phi) is 6.80. The molecule has 0 aliphatic rings. The minimum atomic E-state index is 0.202. The molecule has 7 aromatic rings. The van der Waals surface area contributed by atoms with Crippen molar-refractivity contribution in [3.63, 3.8) is 0 Å². The Hall–Kier alpha value is -4.44. The summed E-state index contributed by atoms with van der Waals surface area (Å²) < 4.78 is 4.80. The molecule has 43 heavy (non-hydrogen) atoms. The van der Waals surface area contributed by atoms with Crippen molar-refractivity contribution in [2.75, 3.05) is 0 Å². The van der Waals surface area contributed by atoms with Crippen LogP contribution >= 0.6 is 0 Å². The Morgan fingerprint density at radius 3 is 1.63 bits per heavy atom. The van der Waals surface area contributed by atoms with Crippen molar-refractivity contribution < 1.29 is 0 Å². The number of rotatable bonds is 7. The van der Waals surface area contributed by atoms with Crippen molar-refractivity contribution >= 4 is 43.9 Å². The third kappa shape index (κ3) is 4.79. The van der Waals surface area contributed by atoms with E-state index in [4.69, 9.17) is 9.97 Å². The van der Waals surface area contributed by atoms with Gasteiger partial charge in [-0.3, -0.25) is 9.97 Å². The predicted molar refractivity (Wildman–Crippen MR) is 181 cm³/mol.